The molecule has 0 saturated heterocycles. The van der Waals surface area contributed by atoms with Crippen molar-refractivity contribution in [3.8, 4) is 5.75 Å². The number of pyridine rings is 1. The normalized spacial score (nSPS) is 12.5. The molecule has 0 radical (unpaired) electrons. The lowest BCUT2D eigenvalue weighted by atomic mass is 10.0. The van der Waals surface area contributed by atoms with Gasteiger partial charge >= 0.3 is 6.36 Å². The third-order valence-electron chi connectivity index (χ3n) is 2.62. The van der Waals surface area contributed by atoms with Crippen LogP contribution in [0.5, 0.6) is 5.75 Å². The van der Waals surface area contributed by atoms with E-state index < -0.39 is 29.8 Å². The van der Waals surface area contributed by atoms with Crippen LogP contribution >= 0.6 is 12.4 Å². The summed E-state index contributed by atoms with van der Waals surface area (Å²) in [6.45, 7) is 0. The molecule has 0 bridgehead atoms. The number of hydrogen-bond acceptors (Lipinski definition) is 3. The first-order chi connectivity index (χ1) is 9.78. The topological polar surface area (TPSA) is 48.1 Å². The van der Waals surface area contributed by atoms with E-state index in [1.165, 1.54) is 12.3 Å². The van der Waals surface area contributed by atoms with Gasteiger partial charge in [-0.1, -0.05) is 6.07 Å². The maximum Gasteiger partial charge on any atom is 0.573 e. The molecular formula is C13H10ClF5N2O. The van der Waals surface area contributed by atoms with Crippen molar-refractivity contribution >= 4 is 12.4 Å². The molecule has 0 spiro atoms. The molecule has 1 unspecified atom stereocenters. The quantitative estimate of drug-likeness (QED) is 0.866. The molecule has 0 fully saturated rings. The summed E-state index contributed by atoms with van der Waals surface area (Å²) in [7, 11) is 0. The zero-order valence-corrected chi connectivity index (χ0v) is 11.6. The fourth-order valence-corrected chi connectivity index (χ4v) is 1.70. The van der Waals surface area contributed by atoms with Crippen LogP contribution < -0.4 is 10.5 Å². The number of aromatic nitrogens is 1. The molecule has 0 aliphatic rings. The molecule has 120 valence electrons. The highest BCUT2D eigenvalue weighted by molar-refractivity contribution is 5.85. The van der Waals surface area contributed by atoms with Crippen LogP contribution in [-0.2, 0) is 0 Å². The number of benzene rings is 1. The monoisotopic (exact) mass is 340 g/mol. The second-order valence-electron chi connectivity index (χ2n) is 4.09. The van der Waals surface area contributed by atoms with E-state index in [0.29, 0.717) is 0 Å². The summed E-state index contributed by atoms with van der Waals surface area (Å²) in [5, 5.41) is 0. The summed E-state index contributed by atoms with van der Waals surface area (Å²) in [5.74, 6) is -2.93. The van der Waals surface area contributed by atoms with E-state index in [0.717, 1.165) is 24.3 Å². The predicted molar refractivity (Wildman–Crippen MR) is 70.6 cm³/mol. The van der Waals surface area contributed by atoms with Gasteiger partial charge in [-0.3, -0.25) is 4.98 Å². The Labute approximate surface area is 128 Å². The summed E-state index contributed by atoms with van der Waals surface area (Å²) in [6.07, 6.45) is -3.70. The van der Waals surface area contributed by atoms with E-state index in [9.17, 15) is 22.0 Å². The van der Waals surface area contributed by atoms with E-state index in [4.69, 9.17) is 5.73 Å². The lowest BCUT2D eigenvalue weighted by Gasteiger charge is -2.14. The minimum atomic E-state index is -5.00. The van der Waals surface area contributed by atoms with Crippen molar-refractivity contribution in [1.82, 2.24) is 4.98 Å². The van der Waals surface area contributed by atoms with Gasteiger partial charge in [0.15, 0.2) is 11.6 Å². The Morgan fingerprint density at radius 2 is 1.77 bits per heavy atom. The first-order valence-electron chi connectivity index (χ1n) is 5.69. The Bertz CT molecular complexity index is 651. The van der Waals surface area contributed by atoms with Crippen LogP contribution in [0.1, 0.15) is 17.3 Å². The van der Waals surface area contributed by atoms with Gasteiger partial charge in [-0.05, 0) is 29.8 Å². The fourth-order valence-electron chi connectivity index (χ4n) is 1.70. The minimum absolute atomic E-state index is 0. The Kier molecular flexibility index (Phi) is 5.67. The second-order valence-corrected chi connectivity index (χ2v) is 4.09. The van der Waals surface area contributed by atoms with E-state index in [-0.39, 0.29) is 23.7 Å². The van der Waals surface area contributed by atoms with Gasteiger partial charge < -0.3 is 10.5 Å². The maximum absolute atomic E-state index is 13.6. The molecule has 2 rings (SSSR count). The van der Waals surface area contributed by atoms with E-state index >= 15 is 0 Å². The number of hydrogen-bond donors (Lipinski definition) is 1. The van der Waals surface area contributed by atoms with Gasteiger partial charge in [0.1, 0.15) is 5.82 Å². The Hall–Kier alpha value is -1.93. The highest BCUT2D eigenvalue weighted by Gasteiger charge is 2.32. The molecule has 0 saturated carbocycles. The number of nitrogens with zero attached hydrogens (tertiary/aromatic N) is 1. The van der Waals surface area contributed by atoms with E-state index in [1.807, 2.05) is 0 Å². The summed E-state index contributed by atoms with van der Waals surface area (Å²) >= 11 is 0. The van der Waals surface area contributed by atoms with Gasteiger partial charge in [0.05, 0.1) is 11.7 Å². The zero-order chi connectivity index (χ0) is 15.6. The molecule has 0 amide bonds. The molecule has 1 aromatic heterocycles. The lowest BCUT2D eigenvalue weighted by Crippen LogP contribution is -2.19. The van der Waals surface area contributed by atoms with Crippen LogP contribution in [0.25, 0.3) is 0 Å². The highest BCUT2D eigenvalue weighted by atomic mass is 35.5. The molecule has 0 aliphatic heterocycles. The van der Waals surface area contributed by atoms with Crippen molar-refractivity contribution in [3.05, 3.63) is 59.4 Å². The van der Waals surface area contributed by atoms with Crippen LogP contribution in [0.4, 0.5) is 22.0 Å². The van der Waals surface area contributed by atoms with Gasteiger partial charge in [0, 0.05) is 6.20 Å². The standard InChI is InChI=1S/C13H9F5N2O.ClH/c14-8-2-1-5-20-12(8)11(19)7-3-4-10(9(15)6-7)21-13(16,17)18;/h1-6,11H,19H2;1H. The molecule has 1 atom stereocenters. The highest BCUT2D eigenvalue weighted by Crippen LogP contribution is 2.29. The molecule has 1 aromatic carbocycles. The Morgan fingerprint density at radius 1 is 1.09 bits per heavy atom. The number of alkyl halides is 3. The number of halogens is 6. The van der Waals surface area contributed by atoms with Crippen molar-refractivity contribution in [2.75, 3.05) is 0 Å². The average Bonchev–Trinajstić information content (AvgIpc) is 2.39. The van der Waals surface area contributed by atoms with Crippen molar-refractivity contribution in [2.24, 2.45) is 5.73 Å². The minimum Gasteiger partial charge on any atom is -0.403 e. The van der Waals surface area contributed by atoms with Crippen LogP contribution in [0.2, 0.25) is 0 Å². The third kappa shape index (κ3) is 4.28. The summed E-state index contributed by atoms with van der Waals surface area (Å²) in [5.41, 5.74) is 5.66. The third-order valence-corrected chi connectivity index (χ3v) is 2.62. The summed E-state index contributed by atoms with van der Waals surface area (Å²) < 4.78 is 66.6. The van der Waals surface area contributed by atoms with Crippen LogP contribution in [0.3, 0.4) is 0 Å². The van der Waals surface area contributed by atoms with Gasteiger partial charge in [0.2, 0.25) is 0 Å². The molecule has 3 nitrogen and oxygen atoms in total. The van der Waals surface area contributed by atoms with Crippen LogP contribution in [0, 0.1) is 11.6 Å². The number of nitrogens with two attached hydrogens (primary N) is 1. The fraction of sp³-hybridized carbons (Fsp3) is 0.154. The summed E-state index contributed by atoms with van der Waals surface area (Å²) in [4.78, 5) is 3.73. The van der Waals surface area contributed by atoms with Gasteiger partial charge in [0.25, 0.3) is 0 Å². The predicted octanol–water partition coefficient (Wildman–Crippen LogP) is 3.73. The number of rotatable bonds is 3. The van der Waals surface area contributed by atoms with Crippen LogP contribution in [0.15, 0.2) is 36.5 Å². The first kappa shape index (κ1) is 18.1. The lowest BCUT2D eigenvalue weighted by molar-refractivity contribution is -0.275. The van der Waals surface area contributed by atoms with Crippen molar-refractivity contribution < 1.29 is 26.7 Å². The molecule has 0 aliphatic carbocycles. The molecule has 9 heteroatoms. The van der Waals surface area contributed by atoms with E-state index in [2.05, 4.69) is 9.72 Å². The Balaban J connectivity index is 0.00000242. The smallest absolute Gasteiger partial charge is 0.403 e. The average molecular weight is 341 g/mol. The van der Waals surface area contributed by atoms with Crippen molar-refractivity contribution in [3.63, 3.8) is 0 Å². The second kappa shape index (κ2) is 6.89. The van der Waals surface area contributed by atoms with Gasteiger partial charge in [-0.2, -0.15) is 0 Å². The van der Waals surface area contributed by atoms with Gasteiger partial charge in [-0.25, -0.2) is 8.78 Å². The van der Waals surface area contributed by atoms with Gasteiger partial charge in [-0.15, -0.1) is 25.6 Å². The zero-order valence-electron chi connectivity index (χ0n) is 10.8. The maximum atomic E-state index is 13.6. The molecular weight excluding hydrogens is 331 g/mol. The van der Waals surface area contributed by atoms with Crippen molar-refractivity contribution in [1.29, 1.82) is 0 Å². The molecule has 22 heavy (non-hydrogen) atoms. The van der Waals surface area contributed by atoms with Crippen molar-refractivity contribution in [2.45, 2.75) is 12.4 Å². The number of ether oxygens (including phenoxy) is 1. The molecule has 1 heterocycles. The summed E-state index contributed by atoms with van der Waals surface area (Å²) in [6, 6.07) is 4.01. The molecule has 2 aromatic rings. The first-order valence-corrected chi connectivity index (χ1v) is 5.69. The van der Waals surface area contributed by atoms with Crippen LogP contribution in [-0.4, -0.2) is 11.3 Å². The molecule has 2 N–H and O–H groups in total. The Morgan fingerprint density at radius 3 is 2.32 bits per heavy atom. The SMILES string of the molecule is Cl.NC(c1ccc(OC(F)(F)F)c(F)c1)c1ncccc1F. The largest absolute Gasteiger partial charge is 0.573 e. The van der Waals surface area contributed by atoms with E-state index in [1.54, 1.807) is 0 Å².